The number of nitrogens with zero attached hydrogens (tertiary/aromatic N) is 2. The molecule has 1 amide bonds. The Hall–Kier alpha value is -2.09. The summed E-state index contributed by atoms with van der Waals surface area (Å²) >= 11 is 5.88. The van der Waals surface area contributed by atoms with Crippen molar-refractivity contribution in [2.24, 2.45) is 0 Å². The summed E-state index contributed by atoms with van der Waals surface area (Å²) in [5.41, 5.74) is 0.375. The van der Waals surface area contributed by atoms with Crippen molar-refractivity contribution in [3.63, 3.8) is 0 Å². The largest absolute Gasteiger partial charge is 0.490 e. The Morgan fingerprint density at radius 2 is 1.75 bits per heavy atom. The Bertz CT molecular complexity index is 937. The Labute approximate surface area is 170 Å². The Morgan fingerprint density at radius 3 is 2.36 bits per heavy atom. The molecule has 0 radical (unpaired) electrons. The zero-order valence-electron chi connectivity index (χ0n) is 15.8. The quantitative estimate of drug-likeness (QED) is 0.741. The molecule has 1 aliphatic heterocycles. The molecular weight excluding hydrogens is 400 g/mol. The molecule has 150 valence electrons. The lowest BCUT2D eigenvalue weighted by Gasteiger charge is -2.32. The molecule has 0 saturated carbocycles. The number of carbonyl (C=O) groups excluding carboxylic acids is 1. The van der Waals surface area contributed by atoms with Gasteiger partial charge in [0, 0.05) is 50.6 Å². The molecule has 3 rings (SSSR count). The van der Waals surface area contributed by atoms with E-state index in [1.54, 1.807) is 29.2 Å². The number of halogens is 1. The second-order valence-electron chi connectivity index (χ2n) is 6.88. The number of hydrogen-bond acceptors (Lipinski definition) is 4. The summed E-state index contributed by atoms with van der Waals surface area (Å²) in [5.74, 6) is 0.594. The van der Waals surface area contributed by atoms with Gasteiger partial charge in [0.05, 0.1) is 4.90 Å². The number of likely N-dealkylation sites (tertiary alicyclic amines) is 1. The minimum atomic E-state index is -3.58. The summed E-state index contributed by atoms with van der Waals surface area (Å²) in [6.45, 7) is 1.11. The smallest absolute Gasteiger partial charge is 0.253 e. The van der Waals surface area contributed by atoms with Gasteiger partial charge in [-0.05, 0) is 42.5 Å². The predicted octanol–water partition coefficient (Wildman–Crippen LogP) is 3.27. The van der Waals surface area contributed by atoms with Gasteiger partial charge in [-0.25, -0.2) is 12.7 Å². The van der Waals surface area contributed by atoms with E-state index in [0.29, 0.717) is 36.5 Å². The molecule has 1 heterocycles. The molecule has 0 N–H and O–H groups in total. The van der Waals surface area contributed by atoms with Crippen LogP contribution in [0, 0.1) is 0 Å². The van der Waals surface area contributed by atoms with Crippen LogP contribution in [0.4, 0.5) is 0 Å². The third kappa shape index (κ3) is 4.66. The van der Waals surface area contributed by atoms with E-state index >= 15 is 0 Å². The lowest BCUT2D eigenvalue weighted by molar-refractivity contribution is 0.0595. The molecule has 0 unspecified atom stereocenters. The van der Waals surface area contributed by atoms with E-state index in [0.717, 1.165) is 10.1 Å². The zero-order valence-corrected chi connectivity index (χ0v) is 17.4. The number of ether oxygens (including phenoxy) is 1. The van der Waals surface area contributed by atoms with Crippen LogP contribution in [-0.4, -0.2) is 56.8 Å². The number of rotatable bonds is 5. The third-order valence-corrected chi connectivity index (χ3v) is 6.77. The van der Waals surface area contributed by atoms with E-state index in [4.69, 9.17) is 16.3 Å². The second kappa shape index (κ2) is 8.51. The molecular formula is C20H23ClN2O4S. The average Bonchev–Trinajstić information content (AvgIpc) is 2.70. The van der Waals surface area contributed by atoms with Crippen LogP contribution in [0.5, 0.6) is 5.75 Å². The maximum atomic E-state index is 12.8. The van der Waals surface area contributed by atoms with Crippen LogP contribution in [0.1, 0.15) is 23.2 Å². The van der Waals surface area contributed by atoms with Gasteiger partial charge >= 0.3 is 0 Å². The number of carbonyl (C=O) groups is 1. The predicted molar refractivity (Wildman–Crippen MR) is 108 cm³/mol. The molecule has 0 atom stereocenters. The standard InChI is InChI=1S/C20H23ClN2O4S/c1-22(2)28(25,26)19-5-3-4-15(14-19)20(24)23-12-10-18(11-13-23)27-17-8-6-16(21)7-9-17/h3-9,14,18H,10-13H2,1-2H3. The van der Waals surface area contributed by atoms with Gasteiger partial charge < -0.3 is 9.64 Å². The SMILES string of the molecule is CN(C)S(=O)(=O)c1cccc(C(=O)N2CCC(Oc3ccc(Cl)cc3)CC2)c1. The summed E-state index contributed by atoms with van der Waals surface area (Å²) in [5, 5.41) is 0.659. The molecule has 2 aromatic carbocycles. The first-order chi connectivity index (χ1) is 13.3. The van der Waals surface area contributed by atoms with Crippen LogP contribution in [0.3, 0.4) is 0 Å². The molecule has 0 aliphatic carbocycles. The van der Waals surface area contributed by atoms with Crippen molar-refractivity contribution in [2.75, 3.05) is 27.2 Å². The van der Waals surface area contributed by atoms with Crippen LogP contribution in [0.2, 0.25) is 5.02 Å². The van der Waals surface area contributed by atoms with Crippen LogP contribution in [-0.2, 0) is 10.0 Å². The fraction of sp³-hybridized carbons (Fsp3) is 0.350. The third-order valence-electron chi connectivity index (χ3n) is 4.71. The Kier molecular flexibility index (Phi) is 6.27. The minimum Gasteiger partial charge on any atom is -0.490 e. The first kappa shape index (κ1) is 20.6. The molecule has 8 heteroatoms. The van der Waals surface area contributed by atoms with Crippen molar-refractivity contribution >= 4 is 27.5 Å². The number of piperidine rings is 1. The van der Waals surface area contributed by atoms with E-state index in [2.05, 4.69) is 0 Å². The maximum absolute atomic E-state index is 12.8. The number of sulfonamides is 1. The highest BCUT2D eigenvalue weighted by Gasteiger charge is 2.26. The maximum Gasteiger partial charge on any atom is 0.253 e. The van der Waals surface area contributed by atoms with Crippen LogP contribution in [0.15, 0.2) is 53.4 Å². The van der Waals surface area contributed by atoms with E-state index in [9.17, 15) is 13.2 Å². The molecule has 28 heavy (non-hydrogen) atoms. The molecule has 0 spiro atoms. The highest BCUT2D eigenvalue weighted by molar-refractivity contribution is 7.89. The van der Waals surface area contributed by atoms with E-state index < -0.39 is 10.0 Å². The van der Waals surface area contributed by atoms with E-state index in [-0.39, 0.29) is 16.9 Å². The topological polar surface area (TPSA) is 66.9 Å². The lowest BCUT2D eigenvalue weighted by atomic mass is 10.1. The minimum absolute atomic E-state index is 0.0330. The van der Waals surface area contributed by atoms with Crippen LogP contribution in [0.25, 0.3) is 0 Å². The molecule has 6 nitrogen and oxygen atoms in total. The van der Waals surface area contributed by atoms with Gasteiger partial charge in [-0.15, -0.1) is 0 Å². The molecule has 2 aromatic rings. The monoisotopic (exact) mass is 422 g/mol. The fourth-order valence-electron chi connectivity index (χ4n) is 3.07. The van der Waals surface area contributed by atoms with Crippen molar-refractivity contribution in [2.45, 2.75) is 23.8 Å². The number of hydrogen-bond donors (Lipinski definition) is 0. The van der Waals surface area contributed by atoms with Gasteiger partial charge in [-0.1, -0.05) is 17.7 Å². The van der Waals surface area contributed by atoms with Crippen molar-refractivity contribution in [3.8, 4) is 5.75 Å². The normalized spacial score (nSPS) is 15.6. The van der Waals surface area contributed by atoms with Crippen molar-refractivity contribution in [3.05, 3.63) is 59.1 Å². The summed E-state index contributed by atoms with van der Waals surface area (Å²) in [6.07, 6.45) is 1.46. The van der Waals surface area contributed by atoms with E-state index in [1.807, 2.05) is 12.1 Å². The molecule has 0 bridgehead atoms. The average molecular weight is 423 g/mol. The van der Waals surface area contributed by atoms with Crippen molar-refractivity contribution in [1.82, 2.24) is 9.21 Å². The van der Waals surface area contributed by atoms with Crippen LogP contribution < -0.4 is 4.74 Å². The van der Waals surface area contributed by atoms with Gasteiger partial charge in [0.2, 0.25) is 10.0 Å². The first-order valence-corrected chi connectivity index (χ1v) is 10.8. The van der Waals surface area contributed by atoms with Gasteiger partial charge in [-0.2, -0.15) is 0 Å². The van der Waals surface area contributed by atoms with E-state index in [1.165, 1.54) is 26.2 Å². The number of amides is 1. The summed E-state index contributed by atoms with van der Waals surface area (Å²) in [7, 11) is -0.642. The molecule has 0 aromatic heterocycles. The highest BCUT2D eigenvalue weighted by Crippen LogP contribution is 2.23. The molecule has 1 fully saturated rings. The summed E-state index contributed by atoms with van der Waals surface area (Å²) < 4.78 is 31.7. The van der Waals surface area contributed by atoms with Crippen molar-refractivity contribution < 1.29 is 17.9 Å². The highest BCUT2D eigenvalue weighted by atomic mass is 35.5. The molecule has 1 aliphatic rings. The van der Waals surface area contributed by atoms with Crippen LogP contribution >= 0.6 is 11.6 Å². The van der Waals surface area contributed by atoms with Gasteiger partial charge in [-0.3, -0.25) is 4.79 Å². The second-order valence-corrected chi connectivity index (χ2v) is 9.47. The zero-order chi connectivity index (χ0) is 20.3. The Balaban J connectivity index is 1.63. The summed E-state index contributed by atoms with van der Waals surface area (Å²) in [4.78, 5) is 14.7. The van der Waals surface area contributed by atoms with Gasteiger partial charge in [0.25, 0.3) is 5.91 Å². The van der Waals surface area contributed by atoms with Gasteiger partial charge in [0.15, 0.2) is 0 Å². The fourth-order valence-corrected chi connectivity index (χ4v) is 4.14. The van der Waals surface area contributed by atoms with Crippen molar-refractivity contribution in [1.29, 1.82) is 0 Å². The number of benzene rings is 2. The lowest BCUT2D eigenvalue weighted by Crippen LogP contribution is -2.41. The first-order valence-electron chi connectivity index (χ1n) is 9.01. The van der Waals surface area contributed by atoms with Gasteiger partial charge in [0.1, 0.15) is 11.9 Å². The molecule has 1 saturated heterocycles. The Morgan fingerprint density at radius 1 is 1.11 bits per heavy atom. The summed E-state index contributed by atoms with van der Waals surface area (Å²) in [6, 6.07) is 13.4.